The minimum atomic E-state index is 0.247. The maximum absolute atomic E-state index is 12.3. The van der Waals surface area contributed by atoms with Crippen LogP contribution in [-0.4, -0.2) is 55.4 Å². The van der Waals surface area contributed by atoms with Gasteiger partial charge in [0, 0.05) is 24.7 Å². The number of ketones is 1. The van der Waals surface area contributed by atoms with Gasteiger partial charge in [-0.05, 0) is 58.0 Å². The zero-order chi connectivity index (χ0) is 14.7. The molecule has 1 saturated heterocycles. The Morgan fingerprint density at radius 1 is 1.20 bits per heavy atom. The van der Waals surface area contributed by atoms with E-state index in [9.17, 15) is 4.79 Å². The van der Waals surface area contributed by atoms with Crippen LogP contribution < -0.4 is 0 Å². The Balaban J connectivity index is 1.91. The molecule has 0 spiro atoms. The third-order valence-corrected chi connectivity index (χ3v) is 4.48. The lowest BCUT2D eigenvalue weighted by Gasteiger charge is -2.34. The highest BCUT2D eigenvalue weighted by Crippen LogP contribution is 2.16. The Hall–Kier alpha value is -1.19. The minimum absolute atomic E-state index is 0.247. The van der Waals surface area contributed by atoms with Gasteiger partial charge in [0.1, 0.15) is 0 Å². The van der Waals surface area contributed by atoms with Crippen LogP contribution in [0.5, 0.6) is 0 Å². The van der Waals surface area contributed by atoms with Gasteiger partial charge in [0.05, 0.1) is 6.54 Å². The number of hydrogen-bond acceptors (Lipinski definition) is 3. The van der Waals surface area contributed by atoms with Crippen molar-refractivity contribution in [3.63, 3.8) is 0 Å². The lowest BCUT2D eigenvalue weighted by molar-refractivity contribution is 0.0874. The molecule has 1 aromatic rings. The van der Waals surface area contributed by atoms with E-state index in [4.69, 9.17) is 0 Å². The lowest BCUT2D eigenvalue weighted by atomic mass is 10.0. The molecular weight excluding hydrogens is 248 g/mol. The molecular formula is C17H26N2O. The fourth-order valence-corrected chi connectivity index (χ4v) is 2.80. The average Bonchev–Trinajstić information content (AvgIpc) is 2.42. The first kappa shape index (κ1) is 15.2. The highest BCUT2D eigenvalue weighted by molar-refractivity contribution is 5.97. The van der Waals surface area contributed by atoms with Crippen LogP contribution in [0.4, 0.5) is 0 Å². The largest absolute Gasteiger partial charge is 0.306 e. The molecule has 0 atom stereocenters. The first-order valence-electron chi connectivity index (χ1n) is 7.46. The zero-order valence-electron chi connectivity index (χ0n) is 13.1. The smallest absolute Gasteiger partial charge is 0.176 e. The van der Waals surface area contributed by atoms with E-state index in [0.29, 0.717) is 12.6 Å². The maximum Gasteiger partial charge on any atom is 0.176 e. The van der Waals surface area contributed by atoms with E-state index in [0.717, 1.165) is 31.5 Å². The summed E-state index contributed by atoms with van der Waals surface area (Å²) in [6.45, 7) is 6.76. The molecule has 20 heavy (non-hydrogen) atoms. The molecule has 1 fully saturated rings. The first-order valence-corrected chi connectivity index (χ1v) is 7.46. The molecule has 0 unspecified atom stereocenters. The Bertz CT molecular complexity index is 474. The van der Waals surface area contributed by atoms with Crippen LogP contribution in [0, 0.1) is 13.8 Å². The van der Waals surface area contributed by atoms with Gasteiger partial charge in [-0.3, -0.25) is 9.69 Å². The molecule has 1 aromatic carbocycles. The summed E-state index contributed by atoms with van der Waals surface area (Å²) in [5, 5.41) is 0. The molecule has 3 nitrogen and oxygen atoms in total. The van der Waals surface area contributed by atoms with Crippen molar-refractivity contribution >= 4 is 5.78 Å². The van der Waals surface area contributed by atoms with Crippen LogP contribution in [0.25, 0.3) is 0 Å². The molecule has 0 saturated carbocycles. The van der Waals surface area contributed by atoms with Gasteiger partial charge < -0.3 is 4.90 Å². The van der Waals surface area contributed by atoms with Gasteiger partial charge in [-0.2, -0.15) is 0 Å². The van der Waals surface area contributed by atoms with Gasteiger partial charge in [0.2, 0.25) is 0 Å². The average molecular weight is 274 g/mol. The quantitative estimate of drug-likeness (QED) is 0.788. The summed E-state index contributed by atoms with van der Waals surface area (Å²) >= 11 is 0. The molecule has 0 bridgehead atoms. The number of aryl methyl sites for hydroxylation is 2. The fourth-order valence-electron chi connectivity index (χ4n) is 2.80. The number of hydrogen-bond donors (Lipinski definition) is 0. The van der Waals surface area contributed by atoms with Crippen molar-refractivity contribution in [3.05, 3.63) is 34.9 Å². The molecule has 0 radical (unpaired) electrons. The Labute approximate surface area is 122 Å². The zero-order valence-corrected chi connectivity index (χ0v) is 13.1. The summed E-state index contributed by atoms with van der Waals surface area (Å²) < 4.78 is 0. The van der Waals surface area contributed by atoms with Crippen molar-refractivity contribution in [1.29, 1.82) is 0 Å². The summed E-state index contributed by atoms with van der Waals surface area (Å²) in [6.07, 6.45) is 2.32. The molecule has 2 rings (SSSR count). The van der Waals surface area contributed by atoms with Crippen molar-refractivity contribution in [2.75, 3.05) is 33.7 Å². The predicted molar refractivity (Wildman–Crippen MR) is 83.4 cm³/mol. The van der Waals surface area contributed by atoms with Gasteiger partial charge >= 0.3 is 0 Å². The van der Waals surface area contributed by atoms with Gasteiger partial charge in [-0.1, -0.05) is 12.1 Å². The minimum Gasteiger partial charge on any atom is -0.306 e. The summed E-state index contributed by atoms with van der Waals surface area (Å²) in [7, 11) is 4.28. The number of benzene rings is 1. The Morgan fingerprint density at radius 2 is 1.85 bits per heavy atom. The number of Topliss-reactive ketones (excluding diaryl/α,β-unsaturated/α-hetero) is 1. The Morgan fingerprint density at radius 3 is 2.40 bits per heavy atom. The van der Waals surface area contributed by atoms with Crippen molar-refractivity contribution in [2.45, 2.75) is 32.7 Å². The fraction of sp³-hybridized carbons (Fsp3) is 0.588. The number of carbonyl (C=O) groups excluding carboxylic acids is 1. The van der Waals surface area contributed by atoms with Gasteiger partial charge in [0.25, 0.3) is 0 Å². The summed E-state index contributed by atoms with van der Waals surface area (Å²) in [6, 6.07) is 6.69. The first-order chi connectivity index (χ1) is 9.47. The summed E-state index contributed by atoms with van der Waals surface area (Å²) in [5.74, 6) is 0.247. The normalized spacial score (nSPS) is 17.6. The Kier molecular flexibility index (Phi) is 4.95. The van der Waals surface area contributed by atoms with Crippen LogP contribution in [-0.2, 0) is 0 Å². The van der Waals surface area contributed by atoms with Crippen LogP contribution in [0.2, 0.25) is 0 Å². The number of piperidine rings is 1. The monoisotopic (exact) mass is 274 g/mol. The molecule has 1 aliphatic rings. The third-order valence-electron chi connectivity index (χ3n) is 4.48. The summed E-state index contributed by atoms with van der Waals surface area (Å²) in [4.78, 5) is 16.9. The lowest BCUT2D eigenvalue weighted by Crippen LogP contribution is -2.43. The van der Waals surface area contributed by atoms with Gasteiger partial charge in [-0.15, -0.1) is 0 Å². The van der Waals surface area contributed by atoms with E-state index in [1.54, 1.807) is 0 Å². The standard InChI is InChI=1S/C17H26N2O/c1-13-5-6-15(11-14(13)2)17(20)12-19-9-7-16(8-10-19)18(3)4/h5-6,11,16H,7-10,12H2,1-4H3. The van der Waals surface area contributed by atoms with E-state index >= 15 is 0 Å². The highest BCUT2D eigenvalue weighted by atomic mass is 16.1. The third kappa shape index (κ3) is 3.68. The second-order valence-electron chi connectivity index (χ2n) is 6.19. The molecule has 3 heteroatoms. The topological polar surface area (TPSA) is 23.6 Å². The van der Waals surface area contributed by atoms with Crippen LogP contribution >= 0.6 is 0 Å². The van der Waals surface area contributed by atoms with E-state index < -0.39 is 0 Å². The number of rotatable bonds is 4. The van der Waals surface area contributed by atoms with Crippen LogP contribution in [0.3, 0.4) is 0 Å². The van der Waals surface area contributed by atoms with Gasteiger partial charge in [0.15, 0.2) is 5.78 Å². The van der Waals surface area contributed by atoms with Crippen LogP contribution in [0.1, 0.15) is 34.3 Å². The second kappa shape index (κ2) is 6.51. The van der Waals surface area contributed by atoms with E-state index in [-0.39, 0.29) is 5.78 Å². The van der Waals surface area contributed by atoms with Gasteiger partial charge in [-0.25, -0.2) is 0 Å². The van der Waals surface area contributed by atoms with Crippen molar-refractivity contribution < 1.29 is 4.79 Å². The molecule has 1 heterocycles. The highest BCUT2D eigenvalue weighted by Gasteiger charge is 2.22. The molecule has 0 amide bonds. The summed E-state index contributed by atoms with van der Waals surface area (Å²) in [5.41, 5.74) is 3.29. The SMILES string of the molecule is Cc1ccc(C(=O)CN2CCC(N(C)C)CC2)cc1C. The van der Waals surface area contributed by atoms with Crippen molar-refractivity contribution in [2.24, 2.45) is 0 Å². The number of carbonyl (C=O) groups is 1. The predicted octanol–water partition coefficient (Wildman–Crippen LogP) is 2.51. The van der Waals surface area contributed by atoms with E-state index in [1.165, 1.54) is 11.1 Å². The number of nitrogens with zero attached hydrogens (tertiary/aromatic N) is 2. The van der Waals surface area contributed by atoms with E-state index in [2.05, 4.69) is 37.7 Å². The van der Waals surface area contributed by atoms with E-state index in [1.807, 2.05) is 18.2 Å². The molecule has 0 aliphatic carbocycles. The number of likely N-dealkylation sites (tertiary alicyclic amines) is 1. The molecule has 0 aromatic heterocycles. The molecule has 110 valence electrons. The second-order valence-corrected chi connectivity index (χ2v) is 6.19. The van der Waals surface area contributed by atoms with Crippen LogP contribution in [0.15, 0.2) is 18.2 Å². The van der Waals surface area contributed by atoms with Crippen molar-refractivity contribution in [3.8, 4) is 0 Å². The van der Waals surface area contributed by atoms with Crippen molar-refractivity contribution in [1.82, 2.24) is 9.80 Å². The molecule has 0 N–H and O–H groups in total. The maximum atomic E-state index is 12.3. The molecule has 1 aliphatic heterocycles.